The van der Waals surface area contributed by atoms with Crippen molar-refractivity contribution in [3.8, 4) is 0 Å². The molecule has 2 bridgehead atoms. The molecule has 2 heterocycles. The van der Waals surface area contributed by atoms with Crippen LogP contribution in [-0.4, -0.2) is 28.2 Å². The average Bonchev–Trinajstić information content (AvgIpc) is 2.54. The predicted octanol–water partition coefficient (Wildman–Crippen LogP) is 2.17. The minimum Gasteiger partial charge on any atom is -0.393 e. The first-order valence-corrected chi connectivity index (χ1v) is 6.30. The third-order valence-corrected chi connectivity index (χ3v) is 4.07. The zero-order valence-corrected chi connectivity index (χ0v) is 9.55. The second kappa shape index (κ2) is 4.19. The lowest BCUT2D eigenvalue weighted by molar-refractivity contribution is 0.0310. The van der Waals surface area contributed by atoms with E-state index in [-0.39, 0.29) is 6.10 Å². The first kappa shape index (κ1) is 10.3. The Hall–Kier alpha value is -0.860. The minimum atomic E-state index is -0.0514. The molecule has 2 heteroatoms. The molecule has 1 aromatic rings. The standard InChI is InChI=1S/C14H19NO/c16-14-8-12-6-7-13(9-14)15(12)10-11-4-2-1-3-5-11/h1-5,12-14,16H,6-10H2/t12-,13-/m1/s1. The van der Waals surface area contributed by atoms with Crippen molar-refractivity contribution in [1.29, 1.82) is 0 Å². The van der Waals surface area contributed by atoms with E-state index in [1.54, 1.807) is 0 Å². The number of hydrogen-bond acceptors (Lipinski definition) is 2. The van der Waals surface area contributed by atoms with Crippen LogP contribution in [0.5, 0.6) is 0 Å². The molecular weight excluding hydrogens is 198 g/mol. The van der Waals surface area contributed by atoms with Gasteiger partial charge in [0, 0.05) is 18.6 Å². The molecule has 86 valence electrons. The highest BCUT2D eigenvalue weighted by Crippen LogP contribution is 2.36. The van der Waals surface area contributed by atoms with E-state index in [4.69, 9.17) is 0 Å². The van der Waals surface area contributed by atoms with Crippen LogP contribution in [0.4, 0.5) is 0 Å². The predicted molar refractivity (Wildman–Crippen MR) is 64.0 cm³/mol. The van der Waals surface area contributed by atoms with Gasteiger partial charge in [0.1, 0.15) is 0 Å². The fourth-order valence-electron chi connectivity index (χ4n) is 3.30. The quantitative estimate of drug-likeness (QED) is 0.820. The first-order chi connectivity index (χ1) is 7.83. The molecule has 1 aromatic carbocycles. The highest BCUT2D eigenvalue weighted by molar-refractivity contribution is 5.15. The van der Waals surface area contributed by atoms with Crippen LogP contribution in [0.3, 0.4) is 0 Å². The van der Waals surface area contributed by atoms with Crippen LogP contribution >= 0.6 is 0 Å². The van der Waals surface area contributed by atoms with Crippen molar-refractivity contribution in [2.75, 3.05) is 0 Å². The molecule has 0 amide bonds. The Morgan fingerprint density at radius 2 is 1.69 bits per heavy atom. The van der Waals surface area contributed by atoms with Crippen molar-refractivity contribution in [3.63, 3.8) is 0 Å². The molecule has 0 unspecified atom stereocenters. The summed E-state index contributed by atoms with van der Waals surface area (Å²) in [7, 11) is 0. The summed E-state index contributed by atoms with van der Waals surface area (Å²) < 4.78 is 0. The van der Waals surface area contributed by atoms with E-state index in [0.717, 1.165) is 19.4 Å². The summed E-state index contributed by atoms with van der Waals surface area (Å²) in [4.78, 5) is 2.60. The number of piperidine rings is 1. The van der Waals surface area contributed by atoms with Crippen LogP contribution in [0.25, 0.3) is 0 Å². The van der Waals surface area contributed by atoms with E-state index in [0.29, 0.717) is 12.1 Å². The molecule has 1 N–H and O–H groups in total. The first-order valence-electron chi connectivity index (χ1n) is 6.30. The summed E-state index contributed by atoms with van der Waals surface area (Å²) in [5, 5.41) is 9.75. The van der Waals surface area contributed by atoms with Gasteiger partial charge in [0.25, 0.3) is 0 Å². The van der Waals surface area contributed by atoms with Crippen LogP contribution in [-0.2, 0) is 6.54 Å². The minimum absolute atomic E-state index is 0.0514. The van der Waals surface area contributed by atoms with Gasteiger partial charge in [-0.3, -0.25) is 4.90 Å². The van der Waals surface area contributed by atoms with Crippen molar-refractivity contribution in [2.45, 2.75) is 50.4 Å². The van der Waals surface area contributed by atoms with Gasteiger partial charge in [0.05, 0.1) is 6.10 Å². The highest BCUT2D eigenvalue weighted by atomic mass is 16.3. The number of hydrogen-bond donors (Lipinski definition) is 1. The van der Waals surface area contributed by atoms with Gasteiger partial charge >= 0.3 is 0 Å². The molecule has 0 spiro atoms. The second-order valence-corrected chi connectivity index (χ2v) is 5.17. The molecule has 0 saturated carbocycles. The molecular formula is C14H19NO. The van der Waals surface area contributed by atoms with Gasteiger partial charge in [-0.2, -0.15) is 0 Å². The normalized spacial score (nSPS) is 34.2. The van der Waals surface area contributed by atoms with Gasteiger partial charge in [-0.05, 0) is 31.2 Å². The maximum Gasteiger partial charge on any atom is 0.0570 e. The SMILES string of the molecule is OC1C[C@H]2CC[C@H](C1)N2Cc1ccccc1. The molecule has 2 saturated heterocycles. The van der Waals surface area contributed by atoms with Gasteiger partial charge in [-0.1, -0.05) is 30.3 Å². The van der Waals surface area contributed by atoms with E-state index in [1.807, 2.05) is 0 Å². The monoisotopic (exact) mass is 217 g/mol. The summed E-state index contributed by atoms with van der Waals surface area (Å²) in [6.45, 7) is 1.06. The lowest BCUT2D eigenvalue weighted by Gasteiger charge is -2.37. The Kier molecular flexibility index (Phi) is 2.70. The number of fused-ring (bicyclic) bond motifs is 2. The van der Waals surface area contributed by atoms with Crippen molar-refractivity contribution < 1.29 is 5.11 Å². The van der Waals surface area contributed by atoms with E-state index < -0.39 is 0 Å². The third-order valence-electron chi connectivity index (χ3n) is 4.07. The molecule has 0 radical (unpaired) electrons. The molecule has 0 aliphatic carbocycles. The van der Waals surface area contributed by atoms with Gasteiger partial charge < -0.3 is 5.11 Å². The van der Waals surface area contributed by atoms with Crippen LogP contribution in [0.2, 0.25) is 0 Å². The maximum atomic E-state index is 9.75. The molecule has 2 fully saturated rings. The van der Waals surface area contributed by atoms with Crippen LogP contribution < -0.4 is 0 Å². The molecule has 2 aliphatic rings. The zero-order valence-electron chi connectivity index (χ0n) is 9.55. The molecule has 2 nitrogen and oxygen atoms in total. The Labute approximate surface area is 96.9 Å². The van der Waals surface area contributed by atoms with Crippen LogP contribution in [0.1, 0.15) is 31.2 Å². The Morgan fingerprint density at radius 3 is 2.31 bits per heavy atom. The zero-order chi connectivity index (χ0) is 11.0. The van der Waals surface area contributed by atoms with Crippen molar-refractivity contribution in [2.24, 2.45) is 0 Å². The number of rotatable bonds is 2. The van der Waals surface area contributed by atoms with Crippen molar-refractivity contribution >= 4 is 0 Å². The molecule has 0 aromatic heterocycles. The smallest absolute Gasteiger partial charge is 0.0570 e. The number of benzene rings is 1. The largest absolute Gasteiger partial charge is 0.393 e. The summed E-state index contributed by atoms with van der Waals surface area (Å²) in [5.74, 6) is 0. The third kappa shape index (κ3) is 1.87. The molecule has 16 heavy (non-hydrogen) atoms. The number of aliphatic hydroxyl groups excluding tert-OH is 1. The highest BCUT2D eigenvalue weighted by Gasteiger charge is 2.39. The number of aliphatic hydroxyl groups is 1. The molecule has 2 aliphatic heterocycles. The molecule has 2 atom stereocenters. The summed E-state index contributed by atoms with van der Waals surface area (Å²) in [6.07, 6.45) is 4.44. The maximum absolute atomic E-state index is 9.75. The summed E-state index contributed by atoms with van der Waals surface area (Å²) >= 11 is 0. The Bertz CT molecular complexity index is 337. The average molecular weight is 217 g/mol. The fraction of sp³-hybridized carbons (Fsp3) is 0.571. The fourth-order valence-corrected chi connectivity index (χ4v) is 3.30. The lowest BCUT2D eigenvalue weighted by Crippen LogP contribution is -2.43. The summed E-state index contributed by atoms with van der Waals surface area (Å²) in [6, 6.07) is 11.9. The summed E-state index contributed by atoms with van der Waals surface area (Å²) in [5.41, 5.74) is 1.40. The Balaban J connectivity index is 1.72. The lowest BCUT2D eigenvalue weighted by atomic mass is 9.99. The van der Waals surface area contributed by atoms with Gasteiger partial charge in [-0.25, -0.2) is 0 Å². The van der Waals surface area contributed by atoms with Crippen molar-refractivity contribution in [1.82, 2.24) is 4.90 Å². The van der Waals surface area contributed by atoms with Gasteiger partial charge in [0.2, 0.25) is 0 Å². The second-order valence-electron chi connectivity index (χ2n) is 5.17. The van der Waals surface area contributed by atoms with E-state index in [2.05, 4.69) is 35.2 Å². The molecule has 3 rings (SSSR count). The van der Waals surface area contributed by atoms with Crippen LogP contribution in [0, 0.1) is 0 Å². The van der Waals surface area contributed by atoms with Gasteiger partial charge in [-0.15, -0.1) is 0 Å². The van der Waals surface area contributed by atoms with E-state index in [9.17, 15) is 5.11 Å². The van der Waals surface area contributed by atoms with E-state index in [1.165, 1.54) is 18.4 Å². The van der Waals surface area contributed by atoms with Gasteiger partial charge in [0.15, 0.2) is 0 Å². The van der Waals surface area contributed by atoms with E-state index >= 15 is 0 Å². The topological polar surface area (TPSA) is 23.5 Å². The Morgan fingerprint density at radius 1 is 1.06 bits per heavy atom. The number of nitrogens with zero attached hydrogens (tertiary/aromatic N) is 1. The van der Waals surface area contributed by atoms with Crippen LogP contribution in [0.15, 0.2) is 30.3 Å². The van der Waals surface area contributed by atoms with Crippen molar-refractivity contribution in [3.05, 3.63) is 35.9 Å².